The van der Waals surface area contributed by atoms with Crippen LogP contribution in [0.25, 0.3) is 0 Å². The minimum atomic E-state index is -4.64. The van der Waals surface area contributed by atoms with Crippen LogP contribution in [0.3, 0.4) is 0 Å². The largest absolute Gasteiger partial charge is 0.472 e. The third-order valence-electron chi connectivity index (χ3n) is 8.52. The van der Waals surface area contributed by atoms with Gasteiger partial charge in [-0.05, 0) is 50.9 Å². The van der Waals surface area contributed by atoms with E-state index in [0.717, 1.165) is 44.4 Å². The first-order valence-corrected chi connectivity index (χ1v) is 22.2. The minimum Gasteiger partial charge on any atom is -0.462 e. The van der Waals surface area contributed by atoms with Crippen LogP contribution in [0.15, 0.2) is 60.8 Å². The van der Waals surface area contributed by atoms with Crippen LogP contribution in [0.2, 0.25) is 0 Å². The van der Waals surface area contributed by atoms with Crippen molar-refractivity contribution in [1.29, 1.82) is 0 Å². The highest BCUT2D eigenvalue weighted by Gasteiger charge is 2.27. The Kier molecular flexibility index (Phi) is 35.6. The molecule has 4 N–H and O–H groups in total. The van der Waals surface area contributed by atoms with Gasteiger partial charge in [-0.3, -0.25) is 18.6 Å². The Balaban J connectivity index is 4.44. The highest BCUT2D eigenvalue weighted by Crippen LogP contribution is 2.43. The van der Waals surface area contributed by atoms with Crippen molar-refractivity contribution in [3.63, 3.8) is 0 Å². The molecule has 0 bridgehead atoms. The molecule has 0 amide bonds. The molecule has 0 aliphatic carbocycles. The van der Waals surface area contributed by atoms with Gasteiger partial charge in [0.2, 0.25) is 0 Å². The van der Waals surface area contributed by atoms with E-state index in [1.807, 2.05) is 37.3 Å². The molecule has 318 valence electrons. The molecule has 0 rings (SSSR count). The second-order valence-corrected chi connectivity index (χ2v) is 15.8. The molecule has 11 nitrogen and oxygen atoms in total. The Morgan fingerprint density at radius 1 is 0.655 bits per heavy atom. The third-order valence-corrected chi connectivity index (χ3v) is 9.47. The summed E-state index contributed by atoms with van der Waals surface area (Å²) in [7, 11) is -4.64. The van der Waals surface area contributed by atoms with Crippen LogP contribution in [0.1, 0.15) is 149 Å². The number of aliphatic hydroxyl groups excluding tert-OH is 3. The lowest BCUT2D eigenvalue weighted by Gasteiger charge is -2.20. The van der Waals surface area contributed by atoms with Crippen molar-refractivity contribution in [2.45, 2.75) is 167 Å². The van der Waals surface area contributed by atoms with E-state index >= 15 is 0 Å². The van der Waals surface area contributed by atoms with E-state index in [4.69, 9.17) is 19.1 Å². The Morgan fingerprint density at radius 3 is 1.76 bits per heavy atom. The first-order valence-electron chi connectivity index (χ1n) is 20.7. The van der Waals surface area contributed by atoms with E-state index in [2.05, 4.69) is 42.7 Å². The highest BCUT2D eigenvalue weighted by atomic mass is 31.2. The molecular weight excluding hydrogens is 723 g/mol. The minimum absolute atomic E-state index is 0.148. The fourth-order valence-electron chi connectivity index (χ4n) is 5.16. The standard InChI is InChI=1S/C43H75O11P/c1-4-39(45)31-27-23-19-15-11-7-5-6-8-12-16-20-24-28-32-42(47)51-36-41(37-53-55(49,50)52-35-40(46)34-44)54-43(48)33-29-25-21-17-13-9-10-14-18-22-26-30-38(2)3/h6-8,11,16,19-20,23,27,31,38-41,44-46H,4-5,9-10,12-15,17-18,21-22,24-26,28-30,32-37H2,1-3H3,(H,49,50)/b8-6-,11-7-,20-16-,23-19-,31-27+/t39-,40-,41+/m0/s1. The summed E-state index contributed by atoms with van der Waals surface area (Å²) < 4.78 is 32.6. The first kappa shape index (κ1) is 52.6. The van der Waals surface area contributed by atoms with Crippen molar-refractivity contribution in [3.05, 3.63) is 60.8 Å². The van der Waals surface area contributed by atoms with Gasteiger partial charge in [0.05, 0.1) is 25.9 Å². The van der Waals surface area contributed by atoms with Crippen molar-refractivity contribution >= 4 is 19.8 Å². The fourth-order valence-corrected chi connectivity index (χ4v) is 5.95. The van der Waals surface area contributed by atoms with Crippen molar-refractivity contribution in [2.24, 2.45) is 5.92 Å². The number of ether oxygens (including phenoxy) is 2. The Morgan fingerprint density at radius 2 is 1.18 bits per heavy atom. The van der Waals surface area contributed by atoms with Crippen molar-refractivity contribution < 1.29 is 52.9 Å². The second kappa shape index (κ2) is 37.2. The average molecular weight is 799 g/mol. The molecule has 12 heteroatoms. The molecular formula is C43H75O11P. The number of allylic oxidation sites excluding steroid dienone is 9. The van der Waals surface area contributed by atoms with E-state index in [-0.39, 0.29) is 25.6 Å². The summed E-state index contributed by atoms with van der Waals surface area (Å²) >= 11 is 0. The zero-order valence-corrected chi connectivity index (χ0v) is 35.0. The molecule has 0 saturated heterocycles. The summed E-state index contributed by atoms with van der Waals surface area (Å²) in [5, 5.41) is 27.8. The molecule has 1 unspecified atom stereocenters. The lowest BCUT2D eigenvalue weighted by Crippen LogP contribution is -2.29. The lowest BCUT2D eigenvalue weighted by molar-refractivity contribution is -0.161. The molecule has 4 atom stereocenters. The molecule has 0 saturated carbocycles. The quantitative estimate of drug-likeness (QED) is 0.0155. The molecule has 0 radical (unpaired) electrons. The van der Waals surface area contributed by atoms with Crippen LogP contribution in [0.5, 0.6) is 0 Å². The Hall–Kier alpha value is -2.37. The third kappa shape index (κ3) is 38.3. The fraction of sp³-hybridized carbons (Fsp3) is 0.721. The number of aliphatic hydroxyl groups is 3. The molecule has 0 heterocycles. The maximum atomic E-state index is 12.6. The number of hydrogen-bond donors (Lipinski definition) is 4. The van der Waals surface area contributed by atoms with Crippen molar-refractivity contribution in [3.8, 4) is 0 Å². The molecule has 0 aromatic carbocycles. The number of phosphoric acid groups is 1. The summed E-state index contributed by atoms with van der Waals surface area (Å²) in [5.74, 6) is -0.227. The topological polar surface area (TPSA) is 169 Å². The van der Waals surface area contributed by atoms with Gasteiger partial charge in [0, 0.05) is 12.8 Å². The van der Waals surface area contributed by atoms with Crippen LogP contribution in [-0.2, 0) is 32.7 Å². The second-order valence-electron chi connectivity index (χ2n) is 14.3. The highest BCUT2D eigenvalue weighted by molar-refractivity contribution is 7.47. The van der Waals surface area contributed by atoms with Crippen LogP contribution < -0.4 is 0 Å². The number of hydrogen-bond acceptors (Lipinski definition) is 10. The molecule has 0 aromatic rings. The van der Waals surface area contributed by atoms with Crippen molar-refractivity contribution in [2.75, 3.05) is 26.4 Å². The summed E-state index contributed by atoms with van der Waals surface area (Å²) in [6, 6.07) is 0. The maximum Gasteiger partial charge on any atom is 0.472 e. The summed E-state index contributed by atoms with van der Waals surface area (Å²) in [4.78, 5) is 34.9. The van der Waals surface area contributed by atoms with Crippen LogP contribution >= 0.6 is 7.82 Å². The van der Waals surface area contributed by atoms with Gasteiger partial charge in [-0.25, -0.2) is 4.57 Å². The molecule has 0 aromatic heterocycles. The van der Waals surface area contributed by atoms with Gasteiger partial charge in [0.25, 0.3) is 0 Å². The Bertz CT molecular complexity index is 1130. The number of rotatable bonds is 37. The van der Waals surface area contributed by atoms with Gasteiger partial charge in [-0.15, -0.1) is 0 Å². The maximum absolute atomic E-state index is 12.6. The summed E-state index contributed by atoms with van der Waals surface area (Å²) in [6.07, 6.45) is 35.8. The van der Waals surface area contributed by atoms with Crippen molar-refractivity contribution in [1.82, 2.24) is 0 Å². The van der Waals surface area contributed by atoms with Gasteiger partial charge < -0.3 is 29.7 Å². The Labute approximate surface area is 332 Å². The first-order chi connectivity index (χ1) is 26.5. The smallest absolute Gasteiger partial charge is 0.462 e. The molecule has 0 fully saturated rings. The van der Waals surface area contributed by atoms with Gasteiger partial charge in [-0.2, -0.15) is 0 Å². The zero-order chi connectivity index (χ0) is 40.8. The van der Waals surface area contributed by atoms with Gasteiger partial charge in [-0.1, -0.05) is 152 Å². The van der Waals surface area contributed by atoms with Crippen LogP contribution in [0, 0.1) is 5.92 Å². The number of phosphoric ester groups is 1. The summed E-state index contributed by atoms with van der Waals surface area (Å²) in [5.41, 5.74) is 0. The average Bonchev–Trinajstić information content (AvgIpc) is 3.16. The summed E-state index contributed by atoms with van der Waals surface area (Å²) in [6.45, 7) is 4.27. The monoisotopic (exact) mass is 799 g/mol. The van der Waals surface area contributed by atoms with E-state index < -0.39 is 51.8 Å². The van der Waals surface area contributed by atoms with Gasteiger partial charge in [0.15, 0.2) is 6.10 Å². The predicted molar refractivity (Wildman–Crippen MR) is 220 cm³/mol. The number of carbonyl (C=O) groups excluding carboxylic acids is 2. The molecule has 0 aliphatic heterocycles. The van der Waals surface area contributed by atoms with E-state index in [1.54, 1.807) is 6.08 Å². The number of unbranched alkanes of at least 4 members (excludes halogenated alkanes) is 11. The molecule has 0 aliphatic rings. The normalized spacial score (nSPS) is 15.2. The van der Waals surface area contributed by atoms with E-state index in [9.17, 15) is 29.3 Å². The lowest BCUT2D eigenvalue weighted by atomic mass is 10.0. The molecule has 0 spiro atoms. The number of carbonyl (C=O) groups is 2. The van der Waals surface area contributed by atoms with Crippen LogP contribution in [0.4, 0.5) is 0 Å². The van der Waals surface area contributed by atoms with E-state index in [0.29, 0.717) is 25.7 Å². The number of esters is 2. The zero-order valence-electron chi connectivity index (χ0n) is 34.1. The predicted octanol–water partition coefficient (Wildman–Crippen LogP) is 9.55. The van der Waals surface area contributed by atoms with E-state index in [1.165, 1.54) is 51.4 Å². The van der Waals surface area contributed by atoms with Gasteiger partial charge >= 0.3 is 19.8 Å². The van der Waals surface area contributed by atoms with Crippen LogP contribution in [-0.4, -0.2) is 76.9 Å². The van der Waals surface area contributed by atoms with Gasteiger partial charge in [0.1, 0.15) is 12.7 Å². The molecule has 55 heavy (non-hydrogen) atoms. The SMILES string of the molecule is CC[C@H](O)/C=C/C=C\C/C=C\C/C=C\C/C=C\CCCC(=O)OC[C@H](COP(=O)(O)OC[C@@H](O)CO)OC(=O)CCCCCCCCCCCCCC(C)C.